The van der Waals surface area contributed by atoms with Crippen LogP contribution in [0.15, 0.2) is 109 Å². The number of aryl methyl sites for hydroxylation is 1. The minimum atomic E-state index is -0.757. The molecule has 5 aromatic rings. The Morgan fingerprint density at radius 3 is 1.94 bits per heavy atom. The van der Waals surface area contributed by atoms with Gasteiger partial charge in [0.2, 0.25) is 0 Å². The number of ketones is 1. The van der Waals surface area contributed by atoms with Crippen molar-refractivity contribution in [2.45, 2.75) is 6.92 Å². The Morgan fingerprint density at radius 1 is 0.722 bits per heavy atom. The van der Waals surface area contributed by atoms with Gasteiger partial charge in [-0.15, -0.1) is 5.10 Å². The number of carbonyl (C=O) groups excluding carboxylic acids is 2. The third-order valence-electron chi connectivity index (χ3n) is 5.75. The molecule has 0 amide bonds. The summed E-state index contributed by atoms with van der Waals surface area (Å²) in [5, 5.41) is 4.40. The van der Waals surface area contributed by atoms with Crippen molar-refractivity contribution in [3.63, 3.8) is 0 Å². The summed E-state index contributed by atoms with van der Waals surface area (Å²) in [6.07, 6.45) is 0. The van der Waals surface area contributed by atoms with Crippen LogP contribution in [0.2, 0.25) is 0 Å². The van der Waals surface area contributed by atoms with Crippen molar-refractivity contribution >= 4 is 11.8 Å². The molecule has 0 saturated carbocycles. The highest BCUT2D eigenvalue weighted by Gasteiger charge is 2.21. The van der Waals surface area contributed by atoms with E-state index in [-0.39, 0.29) is 11.6 Å². The predicted octanol–water partition coefficient (Wildman–Crippen LogP) is 5.95. The van der Waals surface area contributed by atoms with Crippen molar-refractivity contribution in [1.29, 1.82) is 0 Å². The Bertz CT molecular complexity index is 1490. The van der Waals surface area contributed by atoms with Gasteiger partial charge in [0.25, 0.3) is 5.82 Å². The summed E-state index contributed by atoms with van der Waals surface area (Å²) in [7, 11) is 0. The highest BCUT2D eigenvalue weighted by Crippen LogP contribution is 2.22. The summed E-state index contributed by atoms with van der Waals surface area (Å²) in [4.78, 5) is 29.9. The molecule has 0 unspecified atom stereocenters. The number of hydrogen-bond donors (Lipinski definition) is 0. The molecule has 4 aromatic carbocycles. The van der Waals surface area contributed by atoms with Gasteiger partial charge in [-0.25, -0.2) is 14.5 Å². The van der Waals surface area contributed by atoms with Crippen molar-refractivity contribution in [2.24, 2.45) is 0 Å². The lowest BCUT2D eigenvalue weighted by atomic mass is 10.0. The molecule has 0 aliphatic rings. The number of esters is 1. The third-order valence-corrected chi connectivity index (χ3v) is 5.75. The van der Waals surface area contributed by atoms with Gasteiger partial charge < -0.3 is 4.74 Å². The molecule has 0 atom stereocenters. The van der Waals surface area contributed by atoms with Gasteiger partial charge in [-0.05, 0) is 30.2 Å². The summed E-state index contributed by atoms with van der Waals surface area (Å²) in [6.45, 7) is 1.60. The topological polar surface area (TPSA) is 74.1 Å². The van der Waals surface area contributed by atoms with Gasteiger partial charge in [-0.3, -0.25) is 4.79 Å². The lowest BCUT2D eigenvalue weighted by molar-refractivity contribution is 0.0462. The first-order valence-electron chi connectivity index (χ1n) is 11.5. The van der Waals surface area contributed by atoms with Crippen LogP contribution < -0.4 is 0 Å². The zero-order chi connectivity index (χ0) is 24.9. The number of rotatable bonds is 7. The first-order chi connectivity index (χ1) is 17.6. The van der Waals surface area contributed by atoms with Crippen molar-refractivity contribution < 1.29 is 14.3 Å². The molecule has 176 valence electrons. The van der Waals surface area contributed by atoms with E-state index in [1.165, 1.54) is 0 Å². The van der Waals surface area contributed by atoms with Crippen molar-refractivity contribution in [3.05, 3.63) is 126 Å². The Labute approximate surface area is 208 Å². The lowest BCUT2D eigenvalue weighted by Crippen LogP contribution is -2.15. The van der Waals surface area contributed by atoms with Gasteiger partial charge in [0.15, 0.2) is 18.2 Å². The number of benzene rings is 4. The second kappa shape index (κ2) is 10.2. The fraction of sp³-hybridized carbons (Fsp3) is 0.0667. The Kier molecular flexibility index (Phi) is 6.49. The van der Waals surface area contributed by atoms with Gasteiger partial charge in [0.05, 0.1) is 5.69 Å². The van der Waals surface area contributed by atoms with E-state index in [0.717, 1.165) is 27.9 Å². The monoisotopic (exact) mass is 473 g/mol. The zero-order valence-electron chi connectivity index (χ0n) is 19.7. The Morgan fingerprint density at radius 2 is 1.31 bits per heavy atom. The summed E-state index contributed by atoms with van der Waals surface area (Å²) in [6, 6.07) is 34.3. The van der Waals surface area contributed by atoms with Crippen LogP contribution >= 0.6 is 0 Å². The van der Waals surface area contributed by atoms with Crippen molar-refractivity contribution in [1.82, 2.24) is 14.8 Å². The van der Waals surface area contributed by atoms with E-state index >= 15 is 0 Å². The average molecular weight is 474 g/mol. The van der Waals surface area contributed by atoms with Crippen LogP contribution in [-0.2, 0) is 4.74 Å². The highest BCUT2D eigenvalue weighted by atomic mass is 16.5. The molecule has 0 aliphatic heterocycles. The van der Waals surface area contributed by atoms with Gasteiger partial charge in [0, 0.05) is 11.1 Å². The normalized spacial score (nSPS) is 10.7. The SMILES string of the molecule is Cc1ccc(-n2nc(C(=O)OCC(=O)c3ccc(-c4ccccc4)cc3)nc2-c2ccccc2)cc1. The lowest BCUT2D eigenvalue weighted by Gasteiger charge is -2.06. The fourth-order valence-corrected chi connectivity index (χ4v) is 3.80. The van der Waals surface area contributed by atoms with Crippen LogP contribution in [0.4, 0.5) is 0 Å². The predicted molar refractivity (Wildman–Crippen MR) is 138 cm³/mol. The first-order valence-corrected chi connectivity index (χ1v) is 11.5. The van der Waals surface area contributed by atoms with Crippen molar-refractivity contribution in [3.8, 4) is 28.2 Å². The largest absolute Gasteiger partial charge is 0.451 e. The average Bonchev–Trinajstić information content (AvgIpc) is 3.39. The molecule has 0 N–H and O–H groups in total. The number of ether oxygens (including phenoxy) is 1. The van der Waals surface area contributed by atoms with Crippen LogP contribution in [0.5, 0.6) is 0 Å². The number of Topliss-reactive ketones (excluding diaryl/α,β-unsaturated/α-hetero) is 1. The molecule has 0 radical (unpaired) electrons. The summed E-state index contributed by atoms with van der Waals surface area (Å²) in [5.74, 6) is -0.660. The molecular weight excluding hydrogens is 450 g/mol. The van der Waals surface area contributed by atoms with E-state index in [0.29, 0.717) is 11.4 Å². The van der Waals surface area contributed by atoms with E-state index in [9.17, 15) is 9.59 Å². The zero-order valence-corrected chi connectivity index (χ0v) is 19.7. The molecule has 0 bridgehead atoms. The van der Waals surface area contributed by atoms with Crippen LogP contribution in [-0.4, -0.2) is 33.1 Å². The number of nitrogens with zero attached hydrogens (tertiary/aromatic N) is 3. The first kappa shape index (κ1) is 22.9. The highest BCUT2D eigenvalue weighted by molar-refractivity contribution is 5.99. The van der Waals surface area contributed by atoms with Crippen molar-refractivity contribution in [2.75, 3.05) is 6.61 Å². The molecule has 1 aromatic heterocycles. The van der Waals surface area contributed by atoms with Gasteiger partial charge >= 0.3 is 5.97 Å². The van der Waals surface area contributed by atoms with E-state index < -0.39 is 12.6 Å². The van der Waals surface area contributed by atoms with E-state index in [1.54, 1.807) is 16.8 Å². The molecule has 6 nitrogen and oxygen atoms in total. The van der Waals surface area contributed by atoms with Crippen LogP contribution in [0.1, 0.15) is 26.5 Å². The van der Waals surface area contributed by atoms with Crippen LogP contribution in [0, 0.1) is 6.92 Å². The molecule has 6 heteroatoms. The fourth-order valence-electron chi connectivity index (χ4n) is 3.80. The van der Waals surface area contributed by atoms with E-state index in [1.807, 2.05) is 104 Å². The Hall–Kier alpha value is -4.84. The minimum Gasteiger partial charge on any atom is -0.451 e. The quantitative estimate of drug-likeness (QED) is 0.216. The molecule has 0 fully saturated rings. The number of carbonyl (C=O) groups is 2. The maximum absolute atomic E-state index is 12.8. The molecule has 5 rings (SSSR count). The second-order valence-electron chi connectivity index (χ2n) is 8.32. The van der Waals surface area contributed by atoms with Gasteiger partial charge in [0.1, 0.15) is 0 Å². The maximum atomic E-state index is 12.8. The van der Waals surface area contributed by atoms with E-state index in [4.69, 9.17) is 4.74 Å². The number of aromatic nitrogens is 3. The second-order valence-corrected chi connectivity index (χ2v) is 8.32. The molecule has 0 spiro atoms. The molecule has 0 saturated heterocycles. The summed E-state index contributed by atoms with van der Waals surface area (Å²) in [5.41, 5.74) is 5.20. The van der Waals surface area contributed by atoms with Crippen LogP contribution in [0.25, 0.3) is 28.2 Å². The maximum Gasteiger partial charge on any atom is 0.378 e. The van der Waals surface area contributed by atoms with E-state index in [2.05, 4.69) is 10.1 Å². The molecular formula is C30H23N3O3. The summed E-state index contributed by atoms with van der Waals surface area (Å²) >= 11 is 0. The summed E-state index contributed by atoms with van der Waals surface area (Å²) < 4.78 is 6.90. The van der Waals surface area contributed by atoms with Gasteiger partial charge in [-0.2, -0.15) is 0 Å². The molecule has 0 aliphatic carbocycles. The standard InChI is InChI=1S/C30H23N3O3/c1-21-12-18-26(19-13-21)33-29(25-10-6-3-7-11-25)31-28(32-33)30(35)36-20-27(34)24-16-14-23(15-17-24)22-8-4-2-5-9-22/h2-19H,20H2,1H3. The Balaban J connectivity index is 1.33. The minimum absolute atomic E-state index is 0.110. The third kappa shape index (κ3) is 4.98. The number of hydrogen-bond acceptors (Lipinski definition) is 5. The molecule has 36 heavy (non-hydrogen) atoms. The smallest absolute Gasteiger partial charge is 0.378 e. The van der Waals surface area contributed by atoms with Gasteiger partial charge in [-0.1, -0.05) is 103 Å². The van der Waals surface area contributed by atoms with Crippen LogP contribution in [0.3, 0.4) is 0 Å². The molecule has 1 heterocycles.